The molecule has 128 valence electrons. The van der Waals surface area contributed by atoms with Crippen molar-refractivity contribution < 1.29 is 4.79 Å². The number of carbonyl (C=O) groups excluding carboxylic acids is 1. The lowest BCUT2D eigenvalue weighted by atomic mass is 10.1. The first-order valence-electron chi connectivity index (χ1n) is 7.78. The van der Waals surface area contributed by atoms with E-state index >= 15 is 0 Å². The first kappa shape index (κ1) is 18.8. The van der Waals surface area contributed by atoms with E-state index in [1.807, 2.05) is 75.3 Å². The van der Waals surface area contributed by atoms with Gasteiger partial charge < -0.3 is 10.2 Å². The number of hydrogen-bond donors (Lipinski definition) is 1. The minimum Gasteiger partial charge on any atom is -0.377 e. The minimum atomic E-state index is -0.416. The average molecular weight is 398 g/mol. The zero-order valence-corrected chi connectivity index (χ0v) is 16.3. The Morgan fingerprint density at radius 2 is 1.80 bits per heavy atom. The summed E-state index contributed by atoms with van der Waals surface area (Å²) < 4.78 is 0.901. The van der Waals surface area contributed by atoms with Crippen molar-refractivity contribution in [3.05, 3.63) is 63.1 Å². The first-order valence-corrected chi connectivity index (χ1v) is 8.58. The SMILES string of the molecule is Cc1cc(C)cc(NC(=O)C(C#N)=Cc2ccc(N(C)C)c(Br)c2)c1. The highest BCUT2D eigenvalue weighted by molar-refractivity contribution is 9.10. The molecule has 0 aliphatic rings. The summed E-state index contributed by atoms with van der Waals surface area (Å²) in [6.07, 6.45) is 1.59. The van der Waals surface area contributed by atoms with Crippen LogP contribution in [0.4, 0.5) is 11.4 Å². The maximum atomic E-state index is 12.4. The molecular formula is C20H20BrN3O. The molecule has 0 radical (unpaired) electrons. The van der Waals surface area contributed by atoms with E-state index in [4.69, 9.17) is 0 Å². The summed E-state index contributed by atoms with van der Waals surface area (Å²) in [5.74, 6) is -0.416. The second-order valence-electron chi connectivity index (χ2n) is 6.11. The Labute approximate surface area is 156 Å². The Morgan fingerprint density at radius 3 is 2.32 bits per heavy atom. The Balaban J connectivity index is 2.26. The fourth-order valence-electron chi connectivity index (χ4n) is 2.54. The summed E-state index contributed by atoms with van der Waals surface area (Å²) in [6, 6.07) is 13.5. The molecule has 0 aliphatic heterocycles. The molecule has 0 saturated carbocycles. The molecule has 0 saturated heterocycles. The fraction of sp³-hybridized carbons (Fsp3) is 0.200. The van der Waals surface area contributed by atoms with Gasteiger partial charge in [-0.1, -0.05) is 12.1 Å². The third-order valence-corrected chi connectivity index (χ3v) is 4.24. The molecule has 0 aliphatic carbocycles. The predicted molar refractivity (Wildman–Crippen MR) is 107 cm³/mol. The van der Waals surface area contributed by atoms with Crippen molar-refractivity contribution in [1.29, 1.82) is 5.26 Å². The van der Waals surface area contributed by atoms with Gasteiger partial charge in [-0.2, -0.15) is 5.26 Å². The van der Waals surface area contributed by atoms with Gasteiger partial charge >= 0.3 is 0 Å². The minimum absolute atomic E-state index is 0.0589. The summed E-state index contributed by atoms with van der Waals surface area (Å²) in [5.41, 5.74) is 4.67. The maximum absolute atomic E-state index is 12.4. The molecule has 0 heterocycles. The summed E-state index contributed by atoms with van der Waals surface area (Å²) in [5, 5.41) is 12.1. The van der Waals surface area contributed by atoms with Crippen LogP contribution in [0, 0.1) is 25.2 Å². The Bertz CT molecular complexity index is 859. The van der Waals surface area contributed by atoms with Crippen molar-refractivity contribution in [1.82, 2.24) is 0 Å². The molecule has 0 fully saturated rings. The van der Waals surface area contributed by atoms with E-state index in [9.17, 15) is 10.1 Å². The number of carbonyl (C=O) groups is 1. The van der Waals surface area contributed by atoms with E-state index in [-0.39, 0.29) is 5.57 Å². The summed E-state index contributed by atoms with van der Waals surface area (Å²) in [6.45, 7) is 3.93. The second-order valence-corrected chi connectivity index (χ2v) is 6.96. The molecule has 5 heteroatoms. The Kier molecular flexibility index (Phi) is 6.00. The molecule has 0 aromatic heterocycles. The Morgan fingerprint density at radius 1 is 1.16 bits per heavy atom. The lowest BCUT2D eigenvalue weighted by Crippen LogP contribution is -2.13. The molecular weight excluding hydrogens is 378 g/mol. The van der Waals surface area contributed by atoms with Crippen molar-refractivity contribution in [2.75, 3.05) is 24.3 Å². The molecule has 4 nitrogen and oxygen atoms in total. The van der Waals surface area contributed by atoms with E-state index in [0.717, 1.165) is 26.9 Å². The van der Waals surface area contributed by atoms with Crippen LogP contribution in [0.2, 0.25) is 0 Å². The molecule has 0 bridgehead atoms. The van der Waals surface area contributed by atoms with Gasteiger partial charge in [0.2, 0.25) is 0 Å². The van der Waals surface area contributed by atoms with Gasteiger partial charge in [0, 0.05) is 24.3 Å². The number of benzene rings is 2. The number of aryl methyl sites for hydroxylation is 2. The molecule has 2 aromatic carbocycles. The third-order valence-electron chi connectivity index (χ3n) is 3.61. The lowest BCUT2D eigenvalue weighted by molar-refractivity contribution is -0.112. The van der Waals surface area contributed by atoms with Crippen LogP contribution in [0.15, 0.2) is 46.4 Å². The van der Waals surface area contributed by atoms with Crippen molar-refractivity contribution in [3.63, 3.8) is 0 Å². The number of halogens is 1. The van der Waals surface area contributed by atoms with Gasteiger partial charge in [0.25, 0.3) is 5.91 Å². The fourth-order valence-corrected chi connectivity index (χ4v) is 3.29. The largest absolute Gasteiger partial charge is 0.377 e. The Hall–Kier alpha value is -2.58. The third kappa shape index (κ3) is 4.94. The second kappa shape index (κ2) is 8.00. The monoisotopic (exact) mass is 397 g/mol. The van der Waals surface area contributed by atoms with Gasteiger partial charge in [-0.25, -0.2) is 0 Å². The molecule has 25 heavy (non-hydrogen) atoms. The highest BCUT2D eigenvalue weighted by Crippen LogP contribution is 2.26. The number of amides is 1. The van der Waals surface area contributed by atoms with Crippen LogP contribution in [-0.4, -0.2) is 20.0 Å². The summed E-state index contributed by atoms with van der Waals surface area (Å²) >= 11 is 3.51. The quantitative estimate of drug-likeness (QED) is 0.601. The predicted octanol–water partition coefficient (Wildman–Crippen LogP) is 4.68. The number of anilines is 2. The van der Waals surface area contributed by atoms with Crippen LogP contribution < -0.4 is 10.2 Å². The highest BCUT2D eigenvalue weighted by Gasteiger charge is 2.11. The normalized spacial score (nSPS) is 11.0. The number of nitriles is 1. The van der Waals surface area contributed by atoms with Gasteiger partial charge in [0.1, 0.15) is 11.6 Å². The maximum Gasteiger partial charge on any atom is 0.266 e. The number of rotatable bonds is 4. The molecule has 2 aromatic rings. The van der Waals surface area contributed by atoms with E-state index < -0.39 is 5.91 Å². The number of nitrogens with one attached hydrogen (secondary N) is 1. The van der Waals surface area contributed by atoms with Gasteiger partial charge in [0.05, 0.1) is 5.69 Å². The van der Waals surface area contributed by atoms with E-state index in [1.54, 1.807) is 6.08 Å². The highest BCUT2D eigenvalue weighted by atomic mass is 79.9. The average Bonchev–Trinajstić information content (AvgIpc) is 2.51. The zero-order chi connectivity index (χ0) is 18.6. The van der Waals surface area contributed by atoms with Crippen LogP contribution in [0.5, 0.6) is 0 Å². The van der Waals surface area contributed by atoms with Crippen LogP contribution >= 0.6 is 15.9 Å². The van der Waals surface area contributed by atoms with Gasteiger partial charge in [0.15, 0.2) is 0 Å². The van der Waals surface area contributed by atoms with E-state index in [1.165, 1.54) is 0 Å². The summed E-state index contributed by atoms with van der Waals surface area (Å²) in [7, 11) is 3.90. The molecule has 0 atom stereocenters. The van der Waals surface area contributed by atoms with Crippen LogP contribution in [-0.2, 0) is 4.79 Å². The van der Waals surface area contributed by atoms with Crippen LogP contribution in [0.1, 0.15) is 16.7 Å². The number of nitrogens with zero attached hydrogens (tertiary/aromatic N) is 2. The standard InChI is InChI=1S/C20H20BrN3O/c1-13-7-14(2)9-17(8-13)23-20(25)16(12-22)10-15-5-6-19(24(3)4)18(21)11-15/h5-11H,1-4H3,(H,23,25). The van der Waals surface area contributed by atoms with E-state index in [2.05, 4.69) is 21.2 Å². The molecule has 0 unspecified atom stereocenters. The lowest BCUT2D eigenvalue weighted by Gasteiger charge is -2.14. The van der Waals surface area contributed by atoms with Crippen molar-refractivity contribution in [2.45, 2.75) is 13.8 Å². The molecule has 1 amide bonds. The van der Waals surface area contributed by atoms with Crippen LogP contribution in [0.3, 0.4) is 0 Å². The van der Waals surface area contributed by atoms with Crippen molar-refractivity contribution in [3.8, 4) is 6.07 Å². The smallest absolute Gasteiger partial charge is 0.266 e. The van der Waals surface area contributed by atoms with Gasteiger partial charge in [-0.15, -0.1) is 0 Å². The van der Waals surface area contributed by atoms with Gasteiger partial charge in [-0.05, 0) is 76.8 Å². The molecule has 0 spiro atoms. The molecule has 1 N–H and O–H groups in total. The zero-order valence-electron chi connectivity index (χ0n) is 14.7. The first-order chi connectivity index (χ1) is 11.8. The topological polar surface area (TPSA) is 56.1 Å². The summed E-state index contributed by atoms with van der Waals surface area (Å²) in [4.78, 5) is 14.4. The van der Waals surface area contributed by atoms with Crippen molar-refractivity contribution >= 4 is 39.3 Å². The van der Waals surface area contributed by atoms with Gasteiger partial charge in [-0.3, -0.25) is 4.79 Å². The van der Waals surface area contributed by atoms with E-state index in [0.29, 0.717) is 5.69 Å². The van der Waals surface area contributed by atoms with Crippen LogP contribution in [0.25, 0.3) is 6.08 Å². The van der Waals surface area contributed by atoms with Crippen molar-refractivity contribution in [2.24, 2.45) is 0 Å². The number of hydrogen-bond acceptors (Lipinski definition) is 3. The molecule has 2 rings (SSSR count).